The first-order valence-corrected chi connectivity index (χ1v) is 5.22. The van der Waals surface area contributed by atoms with Gasteiger partial charge in [0.1, 0.15) is 6.04 Å². The number of carbonyl (C=O) groups excluding carboxylic acids is 2. The molecule has 0 aromatic carbocycles. The Balaban J connectivity index is 4.42. The molecule has 4 N–H and O–H groups in total. The monoisotopic (exact) mass is 215 g/mol. The van der Waals surface area contributed by atoms with E-state index < -0.39 is 11.6 Å². The minimum Gasteiger partial charge on any atom is -0.357 e. The van der Waals surface area contributed by atoms with Gasteiger partial charge in [-0.15, -0.1) is 0 Å². The highest BCUT2D eigenvalue weighted by atomic mass is 16.2. The van der Waals surface area contributed by atoms with Gasteiger partial charge in [-0.05, 0) is 19.8 Å². The number of hydrogen-bond acceptors (Lipinski definition) is 3. The summed E-state index contributed by atoms with van der Waals surface area (Å²) < 4.78 is 0. The van der Waals surface area contributed by atoms with E-state index >= 15 is 0 Å². The Morgan fingerprint density at radius 1 is 1.33 bits per heavy atom. The van der Waals surface area contributed by atoms with Gasteiger partial charge in [0.2, 0.25) is 11.8 Å². The molecule has 2 amide bonds. The van der Waals surface area contributed by atoms with Crippen LogP contribution in [0.1, 0.15) is 33.6 Å². The van der Waals surface area contributed by atoms with Crippen LogP contribution >= 0.6 is 0 Å². The van der Waals surface area contributed by atoms with Gasteiger partial charge in [0.15, 0.2) is 0 Å². The van der Waals surface area contributed by atoms with E-state index in [-0.39, 0.29) is 11.8 Å². The molecule has 15 heavy (non-hydrogen) atoms. The van der Waals surface area contributed by atoms with Crippen molar-refractivity contribution in [2.45, 2.75) is 45.2 Å². The molecular weight excluding hydrogens is 194 g/mol. The summed E-state index contributed by atoms with van der Waals surface area (Å²) in [6, 6.07) is -0.552. The average molecular weight is 215 g/mol. The number of amides is 2. The number of hydrogen-bond donors (Lipinski definition) is 3. The van der Waals surface area contributed by atoms with Crippen LogP contribution in [0.2, 0.25) is 0 Å². The maximum Gasteiger partial charge on any atom is 0.242 e. The first-order valence-electron chi connectivity index (χ1n) is 5.22. The number of nitrogens with one attached hydrogen (secondary N) is 2. The van der Waals surface area contributed by atoms with Gasteiger partial charge in [-0.1, -0.05) is 13.8 Å². The molecule has 0 saturated carbocycles. The lowest BCUT2D eigenvalue weighted by Crippen LogP contribution is -2.57. The molecule has 0 saturated heterocycles. The Kier molecular flexibility index (Phi) is 5.28. The third kappa shape index (κ3) is 3.51. The van der Waals surface area contributed by atoms with Gasteiger partial charge < -0.3 is 16.4 Å². The molecule has 0 bridgehead atoms. The Bertz CT molecular complexity index is 237. The van der Waals surface area contributed by atoms with Crippen molar-refractivity contribution in [3.05, 3.63) is 0 Å². The van der Waals surface area contributed by atoms with E-state index in [0.29, 0.717) is 12.8 Å². The van der Waals surface area contributed by atoms with E-state index in [2.05, 4.69) is 10.6 Å². The molecule has 0 aromatic heterocycles. The predicted octanol–water partition coefficient (Wildman–Crippen LogP) is -0.245. The summed E-state index contributed by atoms with van der Waals surface area (Å²) in [5.41, 5.74) is 5.01. The van der Waals surface area contributed by atoms with Crippen molar-refractivity contribution in [3.8, 4) is 0 Å². The number of likely N-dealkylation sites (N-methyl/N-ethyl adjacent to an activating group) is 1. The van der Waals surface area contributed by atoms with Gasteiger partial charge in [0.25, 0.3) is 0 Å². The predicted molar refractivity (Wildman–Crippen MR) is 59.2 cm³/mol. The van der Waals surface area contributed by atoms with Crippen molar-refractivity contribution >= 4 is 11.8 Å². The molecule has 0 radical (unpaired) electrons. The van der Waals surface area contributed by atoms with E-state index in [1.807, 2.05) is 13.8 Å². The summed E-state index contributed by atoms with van der Waals surface area (Å²) in [6.07, 6.45) is 1.10. The van der Waals surface area contributed by atoms with Gasteiger partial charge >= 0.3 is 0 Å². The highest BCUT2D eigenvalue weighted by Crippen LogP contribution is 2.11. The van der Waals surface area contributed by atoms with Crippen LogP contribution < -0.4 is 16.4 Å². The molecular formula is C10H21N3O2. The summed E-state index contributed by atoms with van der Waals surface area (Å²) in [7, 11) is 1.53. The van der Waals surface area contributed by atoms with E-state index in [0.717, 1.165) is 0 Å². The SMILES string of the molecule is CCC(N)(CC)C(=O)NC(C)C(=O)NC. The largest absolute Gasteiger partial charge is 0.357 e. The zero-order valence-corrected chi connectivity index (χ0v) is 9.89. The Hall–Kier alpha value is -1.10. The van der Waals surface area contributed by atoms with Crippen LogP contribution in [0.15, 0.2) is 0 Å². The van der Waals surface area contributed by atoms with Gasteiger partial charge in [0.05, 0.1) is 5.54 Å². The van der Waals surface area contributed by atoms with Crippen molar-refractivity contribution in [1.82, 2.24) is 10.6 Å². The van der Waals surface area contributed by atoms with Gasteiger partial charge in [0, 0.05) is 7.05 Å². The molecule has 1 unspecified atom stereocenters. The summed E-state index contributed by atoms with van der Waals surface area (Å²) in [6.45, 7) is 5.34. The third-order valence-corrected chi connectivity index (χ3v) is 2.70. The van der Waals surface area contributed by atoms with Gasteiger partial charge in [-0.25, -0.2) is 0 Å². The molecule has 88 valence electrons. The molecule has 0 rings (SSSR count). The highest BCUT2D eigenvalue weighted by Gasteiger charge is 2.31. The molecule has 0 fully saturated rings. The van der Waals surface area contributed by atoms with E-state index in [1.165, 1.54) is 7.05 Å². The Morgan fingerprint density at radius 3 is 2.13 bits per heavy atom. The quantitative estimate of drug-likeness (QED) is 0.591. The van der Waals surface area contributed by atoms with Gasteiger partial charge in [-0.3, -0.25) is 9.59 Å². The fourth-order valence-corrected chi connectivity index (χ4v) is 1.19. The standard InChI is InChI=1S/C10H21N3O2/c1-5-10(11,6-2)9(15)13-7(3)8(14)12-4/h7H,5-6,11H2,1-4H3,(H,12,14)(H,13,15). The summed E-state index contributed by atoms with van der Waals surface area (Å²) in [5, 5.41) is 5.06. The topological polar surface area (TPSA) is 84.2 Å². The second kappa shape index (κ2) is 5.70. The maximum absolute atomic E-state index is 11.7. The molecule has 0 heterocycles. The zero-order chi connectivity index (χ0) is 12.1. The molecule has 0 aromatic rings. The van der Waals surface area contributed by atoms with Crippen LogP contribution in [-0.4, -0.2) is 30.4 Å². The summed E-state index contributed by atoms with van der Waals surface area (Å²) in [4.78, 5) is 22.9. The van der Waals surface area contributed by atoms with E-state index in [9.17, 15) is 9.59 Å². The maximum atomic E-state index is 11.7. The Morgan fingerprint density at radius 2 is 1.80 bits per heavy atom. The molecule has 0 spiro atoms. The minimum atomic E-state index is -0.873. The summed E-state index contributed by atoms with van der Waals surface area (Å²) >= 11 is 0. The lowest BCUT2D eigenvalue weighted by molar-refractivity contribution is -0.131. The normalized spacial score (nSPS) is 13.1. The molecule has 0 aliphatic heterocycles. The number of rotatable bonds is 5. The first kappa shape index (κ1) is 13.9. The molecule has 0 aliphatic carbocycles. The first-order chi connectivity index (χ1) is 6.91. The minimum absolute atomic E-state index is 0.224. The van der Waals surface area contributed by atoms with Crippen LogP contribution in [0.4, 0.5) is 0 Å². The average Bonchev–Trinajstić information content (AvgIpc) is 2.26. The van der Waals surface area contributed by atoms with Crippen LogP contribution in [0, 0.1) is 0 Å². The second-order valence-corrected chi connectivity index (χ2v) is 3.67. The number of nitrogens with two attached hydrogens (primary N) is 1. The molecule has 1 atom stereocenters. The highest BCUT2D eigenvalue weighted by molar-refractivity contribution is 5.91. The van der Waals surface area contributed by atoms with Crippen LogP contribution in [0.5, 0.6) is 0 Å². The van der Waals surface area contributed by atoms with Crippen molar-refractivity contribution in [3.63, 3.8) is 0 Å². The van der Waals surface area contributed by atoms with Gasteiger partial charge in [-0.2, -0.15) is 0 Å². The fraction of sp³-hybridized carbons (Fsp3) is 0.800. The smallest absolute Gasteiger partial charge is 0.242 e. The van der Waals surface area contributed by atoms with Crippen molar-refractivity contribution < 1.29 is 9.59 Å². The molecule has 5 heteroatoms. The van der Waals surface area contributed by atoms with Crippen LogP contribution in [-0.2, 0) is 9.59 Å². The van der Waals surface area contributed by atoms with E-state index in [1.54, 1.807) is 6.92 Å². The third-order valence-electron chi connectivity index (χ3n) is 2.70. The van der Waals surface area contributed by atoms with Crippen molar-refractivity contribution in [2.75, 3.05) is 7.05 Å². The van der Waals surface area contributed by atoms with Crippen LogP contribution in [0.25, 0.3) is 0 Å². The van der Waals surface area contributed by atoms with E-state index in [4.69, 9.17) is 5.73 Å². The molecule has 5 nitrogen and oxygen atoms in total. The lowest BCUT2D eigenvalue weighted by Gasteiger charge is -2.26. The summed E-state index contributed by atoms with van der Waals surface area (Å²) in [5.74, 6) is -0.499. The van der Waals surface area contributed by atoms with Crippen molar-refractivity contribution in [2.24, 2.45) is 5.73 Å². The second-order valence-electron chi connectivity index (χ2n) is 3.67. The fourth-order valence-electron chi connectivity index (χ4n) is 1.19. The van der Waals surface area contributed by atoms with Crippen LogP contribution in [0.3, 0.4) is 0 Å². The molecule has 0 aliphatic rings. The Labute approximate surface area is 90.8 Å². The number of carbonyl (C=O) groups is 2. The lowest BCUT2D eigenvalue weighted by atomic mass is 9.93. The zero-order valence-electron chi connectivity index (χ0n) is 9.89. The van der Waals surface area contributed by atoms with Crippen molar-refractivity contribution in [1.29, 1.82) is 0 Å².